The van der Waals surface area contributed by atoms with Crippen LogP contribution in [0.1, 0.15) is 512 Å². The molecule has 124 heavy (non-hydrogen) atoms. The molecule has 0 spiro atoms. The highest BCUT2D eigenvalue weighted by atomic mass is 16.5. The van der Waals surface area contributed by atoms with E-state index in [0.29, 0.717) is 144 Å². The topological polar surface area (TPSA) is 236 Å². The smallest absolute Gasteiger partial charge is 0.188 e. The van der Waals surface area contributed by atoms with Gasteiger partial charge in [-0.3, -0.25) is 0 Å². The van der Waals surface area contributed by atoms with Crippen LogP contribution in [0.2, 0.25) is 0 Å². The van der Waals surface area contributed by atoms with Crippen molar-refractivity contribution in [3.8, 4) is 46.0 Å². The summed E-state index contributed by atoms with van der Waals surface area (Å²) in [6.07, 6.45) is 89.2. The van der Waals surface area contributed by atoms with E-state index < -0.39 is 0 Å². The summed E-state index contributed by atoms with van der Waals surface area (Å²) >= 11 is 0. The highest BCUT2D eigenvalue weighted by molar-refractivity contribution is 5.95. The third-order valence-electron chi connectivity index (χ3n) is 23.6. The lowest BCUT2D eigenvalue weighted by molar-refractivity contribution is 0.260. The Hall–Kier alpha value is -7.12. The lowest BCUT2D eigenvalue weighted by atomic mass is 10.1. The molecular formula is C104H180N12O8. The van der Waals surface area contributed by atoms with Gasteiger partial charge in [0.1, 0.15) is 45.6 Å². The van der Waals surface area contributed by atoms with Gasteiger partial charge in [0.05, 0.1) is 103 Å². The summed E-state index contributed by atoms with van der Waals surface area (Å²) < 4.78 is 55.1. The Labute approximate surface area is 754 Å². The number of hydrogen-bond donors (Lipinski definition) is 4. The van der Waals surface area contributed by atoms with Crippen molar-refractivity contribution >= 4 is 49.7 Å². The first kappa shape index (κ1) is 107. The molecule has 1 aliphatic rings. The third-order valence-corrected chi connectivity index (χ3v) is 23.6. The number of ether oxygens (including phenoxy) is 8. The average Bonchev–Trinajstić information content (AvgIpc) is 1.68. The summed E-state index contributed by atoms with van der Waals surface area (Å²) in [5.41, 5.74) is 4.80. The standard InChI is InChI=1S/C104H180N12O8/c1-9-17-25-33-41-49-57-65-73-117-97-89-81-105-107-83-91-99(119-75-67-59-51-43-35-27-19-11-3)101(121-77-69-61-53-45-37-29-21-13-5)93(114-91)85-109-111-87-95-103(123-79-71-63-55-47-39-31-23-15-7)104(124-80-72-64-56-48-40-32-24-16-8)96(116-95)88-112-110-86-94-102(122-78-70-62-54-46-38-30-22-14-6)100(120-76-68-60-52-44-36-28-20-12-4)92(115-94)84-108-106-82-90(113-89)98(97)118-74-66-58-50-42-34-26-18-10-2/h81-88,113-116H,9-80H2,1-8H3/b89-81?,90-82?,91-83?,92-84?,93-85?,94-86?,95-87?,96-88?,105-81-,106-82-,107-83-,107-105?,108-84-,108-106?,109-85-,110-86?,111-87-,111-109?,112-88?,112-110?. The zero-order chi connectivity index (χ0) is 87.9. The molecule has 0 amide bonds. The van der Waals surface area contributed by atoms with E-state index in [-0.39, 0.29) is 0 Å². The molecule has 0 atom stereocenters. The second-order valence-electron chi connectivity index (χ2n) is 35.0. The van der Waals surface area contributed by atoms with Gasteiger partial charge in [-0.05, 0) is 51.4 Å². The van der Waals surface area contributed by atoms with Crippen LogP contribution in [0, 0.1) is 0 Å². The van der Waals surface area contributed by atoms with Crippen molar-refractivity contribution in [2.75, 3.05) is 52.9 Å². The van der Waals surface area contributed by atoms with E-state index >= 15 is 0 Å². The van der Waals surface area contributed by atoms with Crippen LogP contribution in [0.25, 0.3) is 0 Å². The Bertz CT molecular complexity index is 2780. The number of aromatic nitrogens is 4. The van der Waals surface area contributed by atoms with E-state index in [4.69, 9.17) is 78.7 Å². The quantitative estimate of drug-likeness (QED) is 0.0310. The molecule has 5 heterocycles. The molecular weight excluding hydrogens is 1550 g/mol. The predicted molar refractivity (Wildman–Crippen MR) is 529 cm³/mol. The van der Waals surface area contributed by atoms with E-state index in [1.54, 1.807) is 49.7 Å². The third kappa shape index (κ3) is 49.8. The molecule has 5 rings (SSSR count). The first-order chi connectivity index (χ1) is 61.5. The Balaban J connectivity index is 1.75. The Morgan fingerprint density at radius 2 is 0.226 bits per heavy atom. The molecule has 4 N–H and O–H groups in total. The maximum atomic E-state index is 6.89. The van der Waals surface area contributed by atoms with Gasteiger partial charge in [0.2, 0.25) is 0 Å². The summed E-state index contributed by atoms with van der Waals surface area (Å²) in [7, 11) is 0. The Kier molecular flexibility index (Phi) is 66.7. The van der Waals surface area contributed by atoms with Crippen molar-refractivity contribution in [2.45, 2.75) is 466 Å². The zero-order valence-corrected chi connectivity index (χ0v) is 80.4. The van der Waals surface area contributed by atoms with Gasteiger partial charge in [0.15, 0.2) is 46.0 Å². The summed E-state index contributed by atoms with van der Waals surface area (Å²) in [5, 5.41) is 38.4. The highest BCUT2D eigenvalue weighted by Crippen LogP contribution is 2.40. The van der Waals surface area contributed by atoms with Crippen molar-refractivity contribution < 1.29 is 37.9 Å². The molecule has 0 aliphatic carbocycles. The van der Waals surface area contributed by atoms with Gasteiger partial charge in [0.25, 0.3) is 0 Å². The SMILES string of the molecule is CCCCCCCCCCOc1c2[nH]c(c1OCCCCCCCCCC)/C=N\N=C/c1[nH]c(c(OCCCCCCCCCC)c1OCCCCCCCCCC)/C=N\N=C/c1[nH]c(c(OCCCCCCCCCC)c1OCCCCCCCCCC)/C=N\N=C/c1[nH]c(c(OCCCCCCCCCC)c1OCCCCCCCCCC)C=NN=C2. The molecule has 0 radical (unpaired) electrons. The molecule has 0 unspecified atom stereocenters. The van der Waals surface area contributed by atoms with E-state index in [1.165, 1.54) is 308 Å². The van der Waals surface area contributed by atoms with Gasteiger partial charge in [0, 0.05) is 0 Å². The second-order valence-corrected chi connectivity index (χ2v) is 35.0. The Morgan fingerprint density at radius 3 is 0.323 bits per heavy atom. The van der Waals surface area contributed by atoms with Gasteiger partial charge in [-0.2, -0.15) is 40.8 Å². The summed E-state index contributed by atoms with van der Waals surface area (Å²) in [4.78, 5) is 14.5. The minimum absolute atomic E-state index is 0.502. The van der Waals surface area contributed by atoms with E-state index in [0.717, 1.165) is 103 Å². The molecule has 1 aliphatic heterocycles. The van der Waals surface area contributed by atoms with Gasteiger partial charge in [-0.1, -0.05) is 415 Å². The minimum atomic E-state index is 0.502. The van der Waals surface area contributed by atoms with Crippen molar-refractivity contribution in [3.63, 3.8) is 0 Å². The van der Waals surface area contributed by atoms with Gasteiger partial charge in [-0.15, -0.1) is 0 Å². The van der Waals surface area contributed by atoms with Crippen molar-refractivity contribution in [2.24, 2.45) is 40.8 Å². The number of aromatic amines is 4. The summed E-state index contributed by atoms with van der Waals surface area (Å²) in [6, 6.07) is 0. The second kappa shape index (κ2) is 77.1. The maximum Gasteiger partial charge on any atom is 0.188 e. The fourth-order valence-electron chi connectivity index (χ4n) is 15.9. The number of hydrogen-bond acceptors (Lipinski definition) is 16. The molecule has 704 valence electrons. The predicted octanol–water partition coefficient (Wildman–Crippen LogP) is 31.3. The molecule has 0 saturated carbocycles. The van der Waals surface area contributed by atoms with Crippen LogP contribution in [0.15, 0.2) is 40.8 Å². The lowest BCUT2D eigenvalue weighted by Crippen LogP contribution is -2.04. The molecule has 4 aromatic rings. The van der Waals surface area contributed by atoms with E-state index in [9.17, 15) is 0 Å². The molecule has 8 bridgehead atoms. The van der Waals surface area contributed by atoms with Crippen molar-refractivity contribution in [1.29, 1.82) is 0 Å². The summed E-state index contributed by atoms with van der Waals surface area (Å²) in [5.74, 6) is 4.50. The fraction of sp³-hybridized carbons (Fsp3) is 0.769. The number of unbranched alkanes of at least 4 members (excludes halogenated alkanes) is 56. The summed E-state index contributed by atoms with van der Waals surface area (Å²) in [6.45, 7) is 22.2. The van der Waals surface area contributed by atoms with Crippen LogP contribution >= 0.6 is 0 Å². The van der Waals surface area contributed by atoms with Crippen LogP contribution in [0.3, 0.4) is 0 Å². The number of nitrogens with zero attached hydrogens (tertiary/aromatic N) is 8. The average molecular weight is 1730 g/mol. The number of rotatable bonds is 80. The minimum Gasteiger partial charge on any atom is -0.488 e. The fourth-order valence-corrected chi connectivity index (χ4v) is 15.9. The molecule has 20 heteroatoms. The maximum absolute atomic E-state index is 6.89. The van der Waals surface area contributed by atoms with E-state index in [2.05, 4.69) is 75.3 Å². The van der Waals surface area contributed by atoms with E-state index in [1.807, 2.05) is 0 Å². The normalized spacial score (nSPS) is 13.9. The Morgan fingerprint density at radius 1 is 0.137 bits per heavy atom. The van der Waals surface area contributed by atoms with Gasteiger partial charge in [-0.25, -0.2) is 0 Å². The van der Waals surface area contributed by atoms with Crippen LogP contribution < -0.4 is 37.9 Å². The highest BCUT2D eigenvalue weighted by Gasteiger charge is 2.25. The first-order valence-corrected chi connectivity index (χ1v) is 51.8. The lowest BCUT2D eigenvalue weighted by Gasteiger charge is -2.11. The van der Waals surface area contributed by atoms with Crippen LogP contribution in [-0.4, -0.2) is 123 Å². The van der Waals surface area contributed by atoms with Crippen LogP contribution in [0.4, 0.5) is 0 Å². The van der Waals surface area contributed by atoms with Crippen molar-refractivity contribution in [1.82, 2.24) is 19.9 Å². The molecule has 4 aromatic heterocycles. The van der Waals surface area contributed by atoms with Crippen LogP contribution in [0.5, 0.6) is 46.0 Å². The molecule has 20 nitrogen and oxygen atoms in total. The largest absolute Gasteiger partial charge is 0.488 e. The van der Waals surface area contributed by atoms with Gasteiger partial charge < -0.3 is 57.8 Å². The monoisotopic (exact) mass is 1730 g/mol. The van der Waals surface area contributed by atoms with Gasteiger partial charge >= 0.3 is 0 Å². The van der Waals surface area contributed by atoms with Crippen molar-refractivity contribution in [3.05, 3.63) is 45.6 Å². The first-order valence-electron chi connectivity index (χ1n) is 51.8. The molecule has 0 fully saturated rings. The molecule has 0 aromatic carbocycles. The number of H-pyrrole nitrogens is 4. The zero-order valence-electron chi connectivity index (χ0n) is 80.4. The molecule has 0 saturated heterocycles. The van der Waals surface area contributed by atoms with Crippen LogP contribution in [-0.2, 0) is 0 Å². The number of fused-ring (bicyclic) bond motifs is 8. The number of nitrogens with one attached hydrogen (secondary N) is 4.